The minimum absolute atomic E-state index is 0.0890. The molecule has 0 bridgehead atoms. The maximum absolute atomic E-state index is 4.45. The molecule has 0 aromatic heterocycles. The van der Waals surface area contributed by atoms with Gasteiger partial charge in [0.25, 0.3) is 0 Å². The Balaban J connectivity index is 2.44. The highest BCUT2D eigenvalue weighted by molar-refractivity contribution is 6.08. The Morgan fingerprint density at radius 3 is 3.17 bits per heavy atom. The first-order valence-electron chi connectivity index (χ1n) is 4.18. The van der Waals surface area contributed by atoms with Crippen LogP contribution in [0.5, 0.6) is 0 Å². The topological polar surface area (TPSA) is 24.7 Å². The summed E-state index contributed by atoms with van der Waals surface area (Å²) in [4.78, 5) is 8.88. The molecule has 1 unspecified atom stereocenters. The highest BCUT2D eigenvalue weighted by Crippen LogP contribution is 2.26. The Labute approximate surface area is 72.4 Å². The lowest BCUT2D eigenvalue weighted by atomic mass is 9.88. The van der Waals surface area contributed by atoms with Crippen LogP contribution in [0.3, 0.4) is 0 Å². The van der Waals surface area contributed by atoms with Gasteiger partial charge in [-0.3, -0.25) is 9.98 Å². The van der Waals surface area contributed by atoms with Crippen molar-refractivity contribution in [2.45, 2.75) is 25.8 Å². The number of allylic oxidation sites excluding steroid dienone is 2. The molecule has 2 aliphatic rings. The summed E-state index contributed by atoms with van der Waals surface area (Å²) in [5, 5.41) is 0. The van der Waals surface area contributed by atoms with Crippen LogP contribution in [0.4, 0.5) is 0 Å². The summed E-state index contributed by atoms with van der Waals surface area (Å²) in [6.07, 6.45) is 8.95. The molecule has 0 aromatic rings. The van der Waals surface area contributed by atoms with E-state index in [0.29, 0.717) is 0 Å². The summed E-state index contributed by atoms with van der Waals surface area (Å²) in [6, 6.07) is 0. The van der Waals surface area contributed by atoms with Crippen molar-refractivity contribution < 1.29 is 0 Å². The van der Waals surface area contributed by atoms with Crippen LogP contribution in [0.25, 0.3) is 0 Å². The van der Waals surface area contributed by atoms with E-state index in [4.69, 9.17) is 0 Å². The Hall–Kier alpha value is -1.18. The van der Waals surface area contributed by atoms with Crippen LogP contribution >= 0.6 is 0 Å². The minimum Gasteiger partial charge on any atom is -0.280 e. The van der Waals surface area contributed by atoms with E-state index in [-0.39, 0.29) is 5.54 Å². The quantitative estimate of drug-likeness (QED) is 0.518. The van der Waals surface area contributed by atoms with E-state index in [2.05, 4.69) is 23.0 Å². The molecule has 2 aliphatic heterocycles. The first kappa shape index (κ1) is 7.47. The third kappa shape index (κ3) is 1.04. The van der Waals surface area contributed by atoms with Gasteiger partial charge in [0.15, 0.2) is 0 Å². The second-order valence-electron chi connectivity index (χ2n) is 3.46. The Morgan fingerprint density at radius 2 is 2.33 bits per heavy atom. The van der Waals surface area contributed by atoms with Crippen molar-refractivity contribution in [3.8, 4) is 0 Å². The molecule has 12 heavy (non-hydrogen) atoms. The summed E-state index contributed by atoms with van der Waals surface area (Å²) >= 11 is 0. The van der Waals surface area contributed by atoms with Gasteiger partial charge in [-0.1, -0.05) is 6.08 Å². The highest BCUT2D eigenvalue weighted by Gasteiger charge is 2.30. The number of nitrogens with zero attached hydrogens (tertiary/aromatic N) is 2. The van der Waals surface area contributed by atoms with Gasteiger partial charge in [0, 0.05) is 11.9 Å². The van der Waals surface area contributed by atoms with Crippen molar-refractivity contribution in [3.63, 3.8) is 0 Å². The molecule has 0 aliphatic carbocycles. The average molecular weight is 160 g/mol. The molecule has 0 N–H and O–H groups in total. The lowest BCUT2D eigenvalue weighted by molar-refractivity contribution is 0.629. The number of dihydropyridines is 1. The zero-order chi connectivity index (χ0) is 8.60. The first-order chi connectivity index (χ1) is 5.71. The van der Waals surface area contributed by atoms with Gasteiger partial charge in [-0.05, 0) is 32.4 Å². The van der Waals surface area contributed by atoms with Gasteiger partial charge in [0.2, 0.25) is 0 Å². The van der Waals surface area contributed by atoms with Gasteiger partial charge in [0.1, 0.15) is 5.54 Å². The highest BCUT2D eigenvalue weighted by atomic mass is 14.9. The van der Waals surface area contributed by atoms with Crippen molar-refractivity contribution in [2.24, 2.45) is 9.98 Å². The van der Waals surface area contributed by atoms with E-state index in [0.717, 1.165) is 17.8 Å². The van der Waals surface area contributed by atoms with Gasteiger partial charge >= 0.3 is 0 Å². The molecule has 2 rings (SSSR count). The molecular formula is C10H12N2. The van der Waals surface area contributed by atoms with E-state index in [1.165, 1.54) is 0 Å². The molecule has 62 valence electrons. The fourth-order valence-corrected chi connectivity index (χ4v) is 1.48. The maximum Gasteiger partial charge on any atom is 0.103 e. The van der Waals surface area contributed by atoms with Crippen LogP contribution in [-0.4, -0.2) is 17.5 Å². The summed E-state index contributed by atoms with van der Waals surface area (Å²) in [5.74, 6) is 0. The van der Waals surface area contributed by atoms with Crippen molar-refractivity contribution >= 4 is 11.9 Å². The van der Waals surface area contributed by atoms with Gasteiger partial charge in [-0.2, -0.15) is 0 Å². The summed E-state index contributed by atoms with van der Waals surface area (Å²) in [7, 11) is 0. The molecule has 0 saturated heterocycles. The van der Waals surface area contributed by atoms with E-state index in [9.17, 15) is 0 Å². The predicted molar refractivity (Wildman–Crippen MR) is 51.8 cm³/mol. The Kier molecular flexibility index (Phi) is 1.50. The fraction of sp³-hybridized carbons (Fsp3) is 0.400. The number of hydrogen-bond acceptors (Lipinski definition) is 2. The minimum atomic E-state index is -0.0890. The van der Waals surface area contributed by atoms with Crippen molar-refractivity contribution in [3.05, 3.63) is 23.9 Å². The number of hydrogen-bond donors (Lipinski definition) is 0. The SMILES string of the molecule is CC1=CCC2(C)N=CC=CC2=N1. The molecule has 0 radical (unpaired) electrons. The molecular weight excluding hydrogens is 148 g/mol. The maximum atomic E-state index is 4.45. The number of aliphatic imine (C=N–C) groups is 2. The van der Waals surface area contributed by atoms with Gasteiger partial charge < -0.3 is 0 Å². The fourth-order valence-electron chi connectivity index (χ4n) is 1.48. The zero-order valence-corrected chi connectivity index (χ0v) is 7.41. The van der Waals surface area contributed by atoms with Crippen molar-refractivity contribution in [2.75, 3.05) is 0 Å². The zero-order valence-electron chi connectivity index (χ0n) is 7.41. The van der Waals surface area contributed by atoms with E-state index >= 15 is 0 Å². The molecule has 0 fully saturated rings. The third-order valence-corrected chi connectivity index (χ3v) is 2.34. The molecule has 0 amide bonds. The lowest BCUT2D eigenvalue weighted by Crippen LogP contribution is -2.35. The number of fused-ring (bicyclic) bond motifs is 1. The van der Waals surface area contributed by atoms with Gasteiger partial charge in [-0.15, -0.1) is 0 Å². The molecule has 2 heterocycles. The molecule has 0 saturated carbocycles. The monoisotopic (exact) mass is 160 g/mol. The largest absolute Gasteiger partial charge is 0.280 e. The van der Waals surface area contributed by atoms with Crippen molar-refractivity contribution in [1.82, 2.24) is 0 Å². The predicted octanol–water partition coefficient (Wildman–Crippen LogP) is 2.13. The van der Waals surface area contributed by atoms with Crippen molar-refractivity contribution in [1.29, 1.82) is 0 Å². The van der Waals surface area contributed by atoms with E-state index in [1.807, 2.05) is 25.3 Å². The Bertz CT molecular complexity index is 321. The molecule has 2 heteroatoms. The standard InChI is InChI=1S/C10H12N2/c1-8-5-6-10(2)9(12-8)4-3-7-11-10/h3-5,7H,6H2,1-2H3. The average Bonchev–Trinajstić information content (AvgIpc) is 2.06. The summed E-state index contributed by atoms with van der Waals surface area (Å²) in [6.45, 7) is 4.15. The number of rotatable bonds is 0. The molecule has 0 spiro atoms. The smallest absolute Gasteiger partial charge is 0.103 e. The normalized spacial score (nSPS) is 32.5. The summed E-state index contributed by atoms with van der Waals surface area (Å²) in [5.41, 5.74) is 2.10. The second-order valence-corrected chi connectivity index (χ2v) is 3.46. The van der Waals surface area contributed by atoms with Crippen LogP contribution in [0.15, 0.2) is 33.9 Å². The summed E-state index contributed by atoms with van der Waals surface area (Å²) < 4.78 is 0. The van der Waals surface area contributed by atoms with Gasteiger partial charge in [0.05, 0.1) is 5.71 Å². The van der Waals surface area contributed by atoms with E-state index in [1.54, 1.807) is 0 Å². The van der Waals surface area contributed by atoms with Crippen LogP contribution < -0.4 is 0 Å². The van der Waals surface area contributed by atoms with Crippen LogP contribution in [-0.2, 0) is 0 Å². The molecule has 0 aromatic carbocycles. The van der Waals surface area contributed by atoms with Crippen LogP contribution in [0, 0.1) is 0 Å². The third-order valence-electron chi connectivity index (χ3n) is 2.34. The Morgan fingerprint density at radius 1 is 1.50 bits per heavy atom. The second kappa shape index (κ2) is 2.41. The molecule has 2 nitrogen and oxygen atoms in total. The first-order valence-corrected chi connectivity index (χ1v) is 4.18. The van der Waals surface area contributed by atoms with Crippen LogP contribution in [0.1, 0.15) is 20.3 Å². The molecule has 1 atom stereocenters. The van der Waals surface area contributed by atoms with Crippen LogP contribution in [0.2, 0.25) is 0 Å². The van der Waals surface area contributed by atoms with E-state index < -0.39 is 0 Å². The lowest BCUT2D eigenvalue weighted by Gasteiger charge is -2.29. The van der Waals surface area contributed by atoms with Gasteiger partial charge in [-0.25, -0.2) is 0 Å².